The molecule has 0 saturated carbocycles. The summed E-state index contributed by atoms with van der Waals surface area (Å²) in [4.78, 5) is 12.1. The fourth-order valence-electron chi connectivity index (χ4n) is 3.65. The Hall–Kier alpha value is -1.79. The number of benzene rings is 1. The number of aliphatic hydroxyl groups excluding tert-OH is 1. The lowest BCUT2D eigenvalue weighted by atomic mass is 9.84. The molecule has 1 aromatic rings. The Kier molecular flexibility index (Phi) is 7.29. The van der Waals surface area contributed by atoms with Crippen LogP contribution in [0, 0.1) is 11.8 Å². The lowest BCUT2D eigenvalue weighted by Crippen LogP contribution is -2.37. The molecule has 3 atom stereocenters. The average molecular weight is 365 g/mol. The molecule has 0 aromatic heterocycles. The van der Waals surface area contributed by atoms with Crippen LogP contribution in [-0.4, -0.2) is 45.1 Å². The molecule has 0 bridgehead atoms. The van der Waals surface area contributed by atoms with Crippen LogP contribution in [-0.2, 0) is 16.0 Å². The number of methoxy groups -OCH3 is 3. The summed E-state index contributed by atoms with van der Waals surface area (Å²) < 4.78 is 15.7. The van der Waals surface area contributed by atoms with Crippen LogP contribution in [0.15, 0.2) is 12.1 Å². The summed E-state index contributed by atoms with van der Waals surface area (Å²) in [6.45, 7) is 4.88. The number of aliphatic hydroxyl groups is 1. The van der Waals surface area contributed by atoms with Crippen LogP contribution in [0.3, 0.4) is 0 Å². The molecule has 0 spiro atoms. The smallest absolute Gasteiger partial charge is 0.311 e. The van der Waals surface area contributed by atoms with Gasteiger partial charge < -0.3 is 24.6 Å². The molecule has 6 heteroatoms. The van der Waals surface area contributed by atoms with Gasteiger partial charge in [0, 0.05) is 6.04 Å². The van der Waals surface area contributed by atoms with Crippen molar-refractivity contribution in [2.45, 2.75) is 45.3 Å². The molecule has 0 aliphatic carbocycles. The van der Waals surface area contributed by atoms with Gasteiger partial charge in [-0.25, -0.2) is 0 Å². The van der Waals surface area contributed by atoms with Crippen LogP contribution in [0.1, 0.15) is 43.9 Å². The predicted octanol–water partition coefficient (Wildman–Crippen LogP) is 2.48. The Labute approximate surface area is 155 Å². The minimum absolute atomic E-state index is 0.0483. The van der Waals surface area contributed by atoms with E-state index in [1.807, 2.05) is 26.0 Å². The molecule has 1 aromatic carbocycles. The third-order valence-electron chi connectivity index (χ3n) is 4.98. The van der Waals surface area contributed by atoms with Crippen LogP contribution >= 0.6 is 0 Å². The van der Waals surface area contributed by atoms with Crippen molar-refractivity contribution in [3.8, 4) is 11.5 Å². The molecule has 2 N–H and O–H groups in total. The van der Waals surface area contributed by atoms with Crippen LogP contribution < -0.4 is 14.8 Å². The van der Waals surface area contributed by atoms with Crippen molar-refractivity contribution in [2.24, 2.45) is 11.8 Å². The van der Waals surface area contributed by atoms with Crippen molar-refractivity contribution in [3.63, 3.8) is 0 Å². The summed E-state index contributed by atoms with van der Waals surface area (Å²) in [5, 5.41) is 14.2. The molecule has 0 amide bonds. The van der Waals surface area contributed by atoms with Crippen molar-refractivity contribution in [1.82, 2.24) is 5.32 Å². The van der Waals surface area contributed by atoms with E-state index in [0.29, 0.717) is 30.3 Å². The highest BCUT2D eigenvalue weighted by atomic mass is 16.5. The molecule has 0 saturated heterocycles. The largest absolute Gasteiger partial charge is 0.493 e. The van der Waals surface area contributed by atoms with Crippen LogP contribution in [0.25, 0.3) is 0 Å². The van der Waals surface area contributed by atoms with Crippen molar-refractivity contribution in [3.05, 3.63) is 23.3 Å². The molecule has 146 valence electrons. The molecule has 1 aliphatic rings. The fourth-order valence-corrected chi connectivity index (χ4v) is 3.65. The quantitative estimate of drug-likeness (QED) is 0.689. The molecule has 2 rings (SSSR count). The van der Waals surface area contributed by atoms with Crippen LogP contribution in [0.4, 0.5) is 0 Å². The van der Waals surface area contributed by atoms with E-state index in [1.165, 1.54) is 12.7 Å². The van der Waals surface area contributed by atoms with E-state index < -0.39 is 12.0 Å². The van der Waals surface area contributed by atoms with E-state index in [2.05, 4.69) is 5.32 Å². The van der Waals surface area contributed by atoms with Gasteiger partial charge in [0.25, 0.3) is 0 Å². The Balaban J connectivity index is 2.23. The van der Waals surface area contributed by atoms with E-state index >= 15 is 0 Å². The van der Waals surface area contributed by atoms with Gasteiger partial charge in [0.05, 0.1) is 33.4 Å². The van der Waals surface area contributed by atoms with Gasteiger partial charge in [-0.15, -0.1) is 0 Å². The molecular weight excluding hydrogens is 334 g/mol. The number of rotatable bonds is 8. The van der Waals surface area contributed by atoms with Gasteiger partial charge in [0.15, 0.2) is 11.5 Å². The predicted molar refractivity (Wildman–Crippen MR) is 99.6 cm³/mol. The minimum atomic E-state index is -0.776. The van der Waals surface area contributed by atoms with Gasteiger partial charge in [-0.3, -0.25) is 4.79 Å². The summed E-state index contributed by atoms with van der Waals surface area (Å²) in [5.41, 5.74) is 2.26. The number of fused-ring (bicyclic) bond motifs is 1. The standard InChI is InChI=1S/C20H31NO5/c1-12(2)8-15(20(23)26-5)17(22)11-16-14-10-19(25-4)18(24-3)9-13(14)6-7-21-16/h9-10,12,15-17,21-22H,6-8,11H2,1-5H3/t15-,16+,17+/m1/s1. The number of nitrogens with one attached hydrogen (secondary N) is 1. The van der Waals surface area contributed by atoms with Gasteiger partial charge in [0.2, 0.25) is 0 Å². The van der Waals surface area contributed by atoms with E-state index in [9.17, 15) is 9.90 Å². The second-order valence-corrected chi connectivity index (χ2v) is 7.22. The highest BCUT2D eigenvalue weighted by molar-refractivity contribution is 5.73. The molecule has 6 nitrogen and oxygen atoms in total. The van der Waals surface area contributed by atoms with Gasteiger partial charge >= 0.3 is 5.97 Å². The lowest BCUT2D eigenvalue weighted by Gasteiger charge is -2.31. The summed E-state index contributed by atoms with van der Waals surface area (Å²) >= 11 is 0. The number of esters is 1. The first-order valence-electron chi connectivity index (χ1n) is 9.15. The van der Waals surface area contributed by atoms with E-state index in [0.717, 1.165) is 18.5 Å². The van der Waals surface area contributed by atoms with Crippen molar-refractivity contribution >= 4 is 5.97 Å². The normalized spacial score (nSPS) is 18.8. The second-order valence-electron chi connectivity index (χ2n) is 7.22. The maximum absolute atomic E-state index is 12.1. The summed E-state index contributed by atoms with van der Waals surface area (Å²) in [7, 11) is 4.60. The number of ether oxygens (including phenoxy) is 3. The Morgan fingerprint density at radius 3 is 2.46 bits per heavy atom. The van der Waals surface area contributed by atoms with Gasteiger partial charge in [-0.2, -0.15) is 0 Å². The topological polar surface area (TPSA) is 77.0 Å². The Morgan fingerprint density at radius 2 is 1.88 bits per heavy atom. The SMILES string of the molecule is COC(=O)[C@H](CC(C)C)[C@@H](O)C[C@@H]1NCCc2cc(OC)c(OC)cc21. The van der Waals surface area contributed by atoms with E-state index in [4.69, 9.17) is 14.2 Å². The van der Waals surface area contributed by atoms with Crippen LogP contribution in [0.2, 0.25) is 0 Å². The van der Waals surface area contributed by atoms with E-state index in [1.54, 1.807) is 14.2 Å². The first-order chi connectivity index (χ1) is 12.4. The zero-order chi connectivity index (χ0) is 19.3. The zero-order valence-corrected chi connectivity index (χ0v) is 16.4. The molecule has 0 unspecified atom stereocenters. The summed E-state index contributed by atoms with van der Waals surface area (Å²) in [6.07, 6.45) is 1.14. The molecular formula is C20H31NO5. The van der Waals surface area contributed by atoms with Crippen LogP contribution in [0.5, 0.6) is 11.5 Å². The number of carbonyl (C=O) groups excluding carboxylic acids is 1. The molecule has 1 heterocycles. The summed E-state index contributed by atoms with van der Waals surface area (Å²) in [5.74, 6) is 0.799. The number of carbonyl (C=O) groups is 1. The Morgan fingerprint density at radius 1 is 1.23 bits per heavy atom. The molecule has 0 radical (unpaired) electrons. The van der Waals surface area contributed by atoms with Gasteiger partial charge in [-0.1, -0.05) is 13.8 Å². The zero-order valence-electron chi connectivity index (χ0n) is 16.4. The number of hydrogen-bond donors (Lipinski definition) is 2. The third-order valence-corrected chi connectivity index (χ3v) is 4.98. The fraction of sp³-hybridized carbons (Fsp3) is 0.650. The highest BCUT2D eigenvalue weighted by Crippen LogP contribution is 2.37. The molecule has 1 aliphatic heterocycles. The van der Waals surface area contributed by atoms with Crippen molar-refractivity contribution < 1.29 is 24.1 Å². The Bertz CT molecular complexity index is 616. The van der Waals surface area contributed by atoms with Crippen molar-refractivity contribution in [2.75, 3.05) is 27.9 Å². The average Bonchev–Trinajstić information content (AvgIpc) is 2.64. The third kappa shape index (κ3) is 4.68. The lowest BCUT2D eigenvalue weighted by molar-refractivity contribution is -0.150. The maximum atomic E-state index is 12.1. The molecule has 0 fully saturated rings. The molecule has 26 heavy (non-hydrogen) atoms. The first kappa shape index (κ1) is 20.5. The maximum Gasteiger partial charge on any atom is 0.311 e. The van der Waals surface area contributed by atoms with Gasteiger partial charge in [0.1, 0.15) is 0 Å². The van der Waals surface area contributed by atoms with Crippen molar-refractivity contribution in [1.29, 1.82) is 0 Å². The summed E-state index contributed by atoms with van der Waals surface area (Å²) in [6, 6.07) is 3.92. The number of hydrogen-bond acceptors (Lipinski definition) is 6. The minimum Gasteiger partial charge on any atom is -0.493 e. The second kappa shape index (κ2) is 9.24. The monoisotopic (exact) mass is 365 g/mol. The van der Waals surface area contributed by atoms with Gasteiger partial charge in [-0.05, 0) is 55.0 Å². The first-order valence-corrected chi connectivity index (χ1v) is 9.15. The van der Waals surface area contributed by atoms with E-state index in [-0.39, 0.29) is 12.0 Å². The highest BCUT2D eigenvalue weighted by Gasteiger charge is 2.32.